The summed E-state index contributed by atoms with van der Waals surface area (Å²) >= 11 is 0. The highest BCUT2D eigenvalue weighted by Crippen LogP contribution is 2.15. The molecule has 1 aromatic rings. The molecule has 6 heteroatoms. The largest absolute Gasteiger partial charge is 0.299 e. The van der Waals surface area contributed by atoms with E-state index in [1.54, 1.807) is 12.1 Å². The van der Waals surface area contributed by atoms with Gasteiger partial charge in [0.1, 0.15) is 0 Å². The normalized spacial score (nSPS) is 16.8. The Morgan fingerprint density at radius 1 is 1.12 bits per heavy atom. The Morgan fingerprint density at radius 2 is 1.65 bits per heavy atom. The molecule has 0 unspecified atom stereocenters. The molecule has 0 radical (unpaired) electrons. The van der Waals surface area contributed by atoms with Gasteiger partial charge in [-0.15, -0.1) is 12.4 Å². The van der Waals surface area contributed by atoms with Crippen molar-refractivity contribution in [1.82, 2.24) is 4.90 Å². The zero-order valence-electron chi connectivity index (χ0n) is 9.37. The van der Waals surface area contributed by atoms with Crippen LogP contribution in [0.4, 0.5) is 0 Å². The van der Waals surface area contributed by atoms with Crippen molar-refractivity contribution in [3.8, 4) is 0 Å². The summed E-state index contributed by atoms with van der Waals surface area (Å²) in [6, 6.07) is 6.39. The van der Waals surface area contributed by atoms with Gasteiger partial charge in [-0.3, -0.25) is 9.45 Å². The van der Waals surface area contributed by atoms with E-state index in [4.69, 9.17) is 4.55 Å². The molecule has 1 saturated heterocycles. The first kappa shape index (κ1) is 14.4. The highest BCUT2D eigenvalue weighted by Gasteiger charge is 2.13. The van der Waals surface area contributed by atoms with Gasteiger partial charge in [0, 0.05) is 6.54 Å². The topological polar surface area (TPSA) is 57.6 Å². The summed E-state index contributed by atoms with van der Waals surface area (Å²) in [6.45, 7) is 3.08. The van der Waals surface area contributed by atoms with Crippen LogP contribution >= 0.6 is 12.4 Å². The van der Waals surface area contributed by atoms with Crippen LogP contribution < -0.4 is 0 Å². The van der Waals surface area contributed by atoms with E-state index >= 15 is 0 Å². The van der Waals surface area contributed by atoms with Gasteiger partial charge in [-0.2, -0.15) is 8.42 Å². The highest BCUT2D eigenvalue weighted by atomic mass is 35.5. The van der Waals surface area contributed by atoms with Gasteiger partial charge in [-0.1, -0.05) is 12.1 Å². The molecule has 0 amide bonds. The molecule has 1 aliphatic heterocycles. The Labute approximate surface area is 108 Å². The van der Waals surface area contributed by atoms with E-state index in [2.05, 4.69) is 4.90 Å². The van der Waals surface area contributed by atoms with Crippen LogP contribution in [0.1, 0.15) is 18.4 Å². The molecule has 1 N–H and O–H groups in total. The van der Waals surface area contributed by atoms with Gasteiger partial charge in [0.15, 0.2) is 0 Å². The molecule has 1 heterocycles. The number of hydrogen-bond acceptors (Lipinski definition) is 3. The van der Waals surface area contributed by atoms with Crippen molar-refractivity contribution in [2.24, 2.45) is 0 Å². The quantitative estimate of drug-likeness (QED) is 0.858. The minimum Gasteiger partial charge on any atom is -0.299 e. The van der Waals surface area contributed by atoms with Crippen molar-refractivity contribution in [2.75, 3.05) is 13.1 Å². The minimum atomic E-state index is -4.06. The van der Waals surface area contributed by atoms with E-state index in [1.165, 1.54) is 25.0 Å². The fourth-order valence-corrected chi connectivity index (χ4v) is 2.45. The number of rotatable bonds is 3. The van der Waals surface area contributed by atoms with Crippen molar-refractivity contribution in [3.05, 3.63) is 29.8 Å². The van der Waals surface area contributed by atoms with E-state index in [0.29, 0.717) is 0 Å². The molecular weight excluding hydrogens is 262 g/mol. The third-order valence-corrected chi connectivity index (χ3v) is 3.69. The van der Waals surface area contributed by atoms with Gasteiger partial charge in [-0.05, 0) is 43.6 Å². The van der Waals surface area contributed by atoms with E-state index in [0.717, 1.165) is 25.2 Å². The lowest BCUT2D eigenvalue weighted by Crippen LogP contribution is -2.18. The lowest BCUT2D eigenvalue weighted by Gasteiger charge is -2.14. The first-order chi connectivity index (χ1) is 7.55. The van der Waals surface area contributed by atoms with Gasteiger partial charge >= 0.3 is 0 Å². The van der Waals surface area contributed by atoms with Crippen LogP contribution in [0.2, 0.25) is 0 Å². The Balaban J connectivity index is 0.00000144. The molecule has 4 nitrogen and oxygen atoms in total. The lowest BCUT2D eigenvalue weighted by atomic mass is 10.2. The predicted octanol–water partition coefficient (Wildman–Crippen LogP) is 1.95. The Kier molecular flexibility index (Phi) is 4.94. The third kappa shape index (κ3) is 3.96. The van der Waals surface area contributed by atoms with E-state index in [1.807, 2.05) is 0 Å². The van der Waals surface area contributed by atoms with E-state index < -0.39 is 10.1 Å². The number of nitrogens with zero attached hydrogens (tertiary/aromatic N) is 1. The summed E-state index contributed by atoms with van der Waals surface area (Å²) in [5, 5.41) is 0. The average Bonchev–Trinajstić information content (AvgIpc) is 2.70. The van der Waals surface area contributed by atoms with Crippen LogP contribution in [0.3, 0.4) is 0 Å². The molecule has 17 heavy (non-hydrogen) atoms. The molecule has 1 aliphatic rings. The first-order valence-corrected chi connectivity index (χ1v) is 6.78. The summed E-state index contributed by atoms with van der Waals surface area (Å²) in [6.07, 6.45) is 2.48. The number of likely N-dealkylation sites (tertiary alicyclic amines) is 1. The molecule has 2 rings (SSSR count). The molecule has 0 atom stereocenters. The SMILES string of the molecule is Cl.O=S(=O)(O)c1ccc(CN2CCCC2)cc1. The molecule has 1 aromatic carbocycles. The molecule has 96 valence electrons. The van der Waals surface area contributed by atoms with Crippen molar-refractivity contribution in [2.45, 2.75) is 24.3 Å². The average molecular weight is 278 g/mol. The van der Waals surface area contributed by atoms with Crippen LogP contribution in [0.15, 0.2) is 29.2 Å². The van der Waals surface area contributed by atoms with Crippen LogP contribution in [-0.2, 0) is 16.7 Å². The maximum Gasteiger partial charge on any atom is 0.294 e. The van der Waals surface area contributed by atoms with E-state index in [9.17, 15) is 8.42 Å². The number of halogens is 1. The smallest absolute Gasteiger partial charge is 0.294 e. The first-order valence-electron chi connectivity index (χ1n) is 5.34. The summed E-state index contributed by atoms with van der Waals surface area (Å²) in [7, 11) is -4.06. The minimum absolute atomic E-state index is 0. The summed E-state index contributed by atoms with van der Waals surface area (Å²) < 4.78 is 30.5. The lowest BCUT2D eigenvalue weighted by molar-refractivity contribution is 0.331. The van der Waals surface area contributed by atoms with Crippen LogP contribution in [0, 0.1) is 0 Å². The van der Waals surface area contributed by atoms with Crippen molar-refractivity contribution in [1.29, 1.82) is 0 Å². The molecule has 0 aromatic heterocycles. The summed E-state index contributed by atoms with van der Waals surface area (Å²) in [4.78, 5) is 2.29. The standard InChI is InChI=1S/C11H15NO3S.ClH/c13-16(14,15)11-5-3-10(4-6-11)9-12-7-1-2-8-12;/h3-6H,1-2,7-9H2,(H,13,14,15);1H. The summed E-state index contributed by atoms with van der Waals surface area (Å²) in [5.41, 5.74) is 1.08. The third-order valence-electron chi connectivity index (χ3n) is 2.83. The summed E-state index contributed by atoms with van der Waals surface area (Å²) in [5.74, 6) is 0. The Hall–Kier alpha value is -0.620. The van der Waals surface area contributed by atoms with Crippen molar-refractivity contribution in [3.63, 3.8) is 0 Å². The monoisotopic (exact) mass is 277 g/mol. The van der Waals surface area contributed by atoms with Crippen molar-refractivity contribution < 1.29 is 13.0 Å². The van der Waals surface area contributed by atoms with Gasteiger partial charge in [0.05, 0.1) is 4.90 Å². The Morgan fingerprint density at radius 3 is 2.12 bits per heavy atom. The molecule has 0 spiro atoms. The molecule has 0 saturated carbocycles. The number of hydrogen-bond donors (Lipinski definition) is 1. The Bertz CT molecular complexity index is 452. The zero-order valence-corrected chi connectivity index (χ0v) is 11.0. The second-order valence-electron chi connectivity index (χ2n) is 4.10. The molecular formula is C11H16ClNO3S. The highest BCUT2D eigenvalue weighted by molar-refractivity contribution is 7.85. The van der Waals surface area contributed by atoms with Crippen LogP contribution in [-0.4, -0.2) is 31.0 Å². The van der Waals surface area contributed by atoms with Gasteiger partial charge in [0.2, 0.25) is 0 Å². The fourth-order valence-electron chi connectivity index (χ4n) is 1.97. The fraction of sp³-hybridized carbons (Fsp3) is 0.455. The maximum atomic E-state index is 10.8. The molecule has 0 aliphatic carbocycles. The zero-order chi connectivity index (χ0) is 11.6. The predicted molar refractivity (Wildman–Crippen MR) is 68.0 cm³/mol. The van der Waals surface area contributed by atoms with Gasteiger partial charge < -0.3 is 0 Å². The van der Waals surface area contributed by atoms with Crippen LogP contribution in [0.5, 0.6) is 0 Å². The molecule has 0 bridgehead atoms. The van der Waals surface area contributed by atoms with Gasteiger partial charge in [-0.25, -0.2) is 0 Å². The second kappa shape index (κ2) is 5.82. The maximum absolute atomic E-state index is 10.8. The van der Waals surface area contributed by atoms with Gasteiger partial charge in [0.25, 0.3) is 10.1 Å². The number of benzene rings is 1. The van der Waals surface area contributed by atoms with E-state index in [-0.39, 0.29) is 17.3 Å². The van der Waals surface area contributed by atoms with Crippen LogP contribution in [0.25, 0.3) is 0 Å². The second-order valence-corrected chi connectivity index (χ2v) is 5.52. The molecule has 1 fully saturated rings. The van der Waals surface area contributed by atoms with Crippen molar-refractivity contribution >= 4 is 22.5 Å².